The first-order chi connectivity index (χ1) is 11.7. The number of rotatable bonds is 7. The smallest absolute Gasteiger partial charge is 0.202 e. The SMILES string of the molecule is COCc1nsc(NCc2c(OC(C)C)ccc3ccccc23)n1. The molecule has 0 aliphatic carbocycles. The summed E-state index contributed by atoms with van der Waals surface area (Å²) in [7, 11) is 1.64. The third-order valence-electron chi connectivity index (χ3n) is 3.52. The van der Waals surface area contributed by atoms with Gasteiger partial charge in [-0.25, -0.2) is 4.98 Å². The van der Waals surface area contributed by atoms with Gasteiger partial charge in [-0.3, -0.25) is 0 Å². The summed E-state index contributed by atoms with van der Waals surface area (Å²) in [5.74, 6) is 1.60. The minimum Gasteiger partial charge on any atom is -0.491 e. The maximum absolute atomic E-state index is 5.99. The number of aromatic nitrogens is 2. The third kappa shape index (κ3) is 3.83. The Kier molecular flexibility index (Phi) is 5.27. The highest BCUT2D eigenvalue weighted by molar-refractivity contribution is 7.09. The lowest BCUT2D eigenvalue weighted by Crippen LogP contribution is -2.10. The van der Waals surface area contributed by atoms with Gasteiger partial charge in [-0.2, -0.15) is 4.37 Å². The van der Waals surface area contributed by atoms with Gasteiger partial charge in [-0.15, -0.1) is 0 Å². The lowest BCUT2D eigenvalue weighted by Gasteiger charge is -2.16. The van der Waals surface area contributed by atoms with Crippen LogP contribution in [0.3, 0.4) is 0 Å². The molecule has 1 N–H and O–H groups in total. The number of nitrogens with one attached hydrogen (secondary N) is 1. The van der Waals surface area contributed by atoms with E-state index in [4.69, 9.17) is 9.47 Å². The molecule has 0 spiro atoms. The molecule has 0 aliphatic heterocycles. The Hall–Kier alpha value is -2.18. The van der Waals surface area contributed by atoms with Crippen LogP contribution >= 0.6 is 11.5 Å². The van der Waals surface area contributed by atoms with Crippen LogP contribution in [-0.2, 0) is 17.9 Å². The number of nitrogens with zero attached hydrogens (tertiary/aromatic N) is 2. The zero-order chi connectivity index (χ0) is 16.9. The molecule has 0 fully saturated rings. The topological polar surface area (TPSA) is 56.3 Å². The van der Waals surface area contributed by atoms with Crippen LogP contribution in [0.1, 0.15) is 25.2 Å². The van der Waals surface area contributed by atoms with Crippen molar-refractivity contribution in [3.8, 4) is 5.75 Å². The van der Waals surface area contributed by atoms with Gasteiger partial charge in [0.05, 0.1) is 6.10 Å². The van der Waals surface area contributed by atoms with Crippen LogP contribution in [0.4, 0.5) is 5.13 Å². The van der Waals surface area contributed by atoms with Crippen LogP contribution in [0.5, 0.6) is 5.75 Å². The molecule has 6 heteroatoms. The summed E-state index contributed by atoms with van der Waals surface area (Å²) < 4.78 is 15.3. The van der Waals surface area contributed by atoms with E-state index in [2.05, 4.69) is 32.9 Å². The van der Waals surface area contributed by atoms with Crippen molar-refractivity contribution in [1.82, 2.24) is 9.36 Å². The van der Waals surface area contributed by atoms with Crippen LogP contribution < -0.4 is 10.1 Å². The van der Waals surface area contributed by atoms with E-state index in [1.165, 1.54) is 22.3 Å². The summed E-state index contributed by atoms with van der Waals surface area (Å²) in [5.41, 5.74) is 1.13. The van der Waals surface area contributed by atoms with Crippen molar-refractivity contribution >= 4 is 27.4 Å². The van der Waals surface area contributed by atoms with Crippen molar-refractivity contribution in [2.45, 2.75) is 33.1 Å². The molecule has 1 heterocycles. The Bertz CT molecular complexity index is 817. The number of benzene rings is 2. The monoisotopic (exact) mass is 343 g/mol. The largest absolute Gasteiger partial charge is 0.491 e. The fourth-order valence-electron chi connectivity index (χ4n) is 2.54. The first-order valence-corrected chi connectivity index (χ1v) is 8.67. The van der Waals surface area contributed by atoms with Crippen LogP contribution in [0.2, 0.25) is 0 Å². The molecule has 3 rings (SSSR count). The molecule has 0 aliphatic rings. The molecule has 0 atom stereocenters. The molecule has 5 nitrogen and oxygen atoms in total. The van der Waals surface area contributed by atoms with Gasteiger partial charge in [0.2, 0.25) is 5.13 Å². The number of hydrogen-bond acceptors (Lipinski definition) is 6. The van der Waals surface area contributed by atoms with Crippen molar-refractivity contribution in [2.24, 2.45) is 0 Å². The Balaban J connectivity index is 1.87. The minimum atomic E-state index is 0.125. The molecule has 0 unspecified atom stereocenters. The van der Waals surface area contributed by atoms with Gasteiger partial charge in [0, 0.05) is 30.8 Å². The zero-order valence-corrected chi connectivity index (χ0v) is 14.9. The molecule has 0 radical (unpaired) electrons. The molecule has 1 aromatic heterocycles. The molecule has 24 heavy (non-hydrogen) atoms. The van der Waals surface area contributed by atoms with E-state index in [1.807, 2.05) is 32.0 Å². The lowest BCUT2D eigenvalue weighted by atomic mass is 10.0. The first-order valence-electron chi connectivity index (χ1n) is 7.90. The van der Waals surface area contributed by atoms with Crippen LogP contribution in [0, 0.1) is 0 Å². The Morgan fingerprint density at radius 1 is 1.17 bits per heavy atom. The van der Waals surface area contributed by atoms with Crippen LogP contribution in [0.25, 0.3) is 10.8 Å². The summed E-state index contributed by atoms with van der Waals surface area (Å²) in [6, 6.07) is 12.5. The van der Waals surface area contributed by atoms with Gasteiger partial charge in [-0.1, -0.05) is 30.3 Å². The molecular weight excluding hydrogens is 322 g/mol. The molecule has 2 aromatic carbocycles. The molecule has 0 amide bonds. The van der Waals surface area contributed by atoms with E-state index in [0.717, 1.165) is 16.4 Å². The van der Waals surface area contributed by atoms with E-state index >= 15 is 0 Å². The van der Waals surface area contributed by atoms with E-state index in [-0.39, 0.29) is 6.10 Å². The summed E-state index contributed by atoms with van der Waals surface area (Å²) >= 11 is 1.34. The highest BCUT2D eigenvalue weighted by atomic mass is 32.1. The number of hydrogen-bond donors (Lipinski definition) is 1. The van der Waals surface area contributed by atoms with Gasteiger partial charge >= 0.3 is 0 Å². The average molecular weight is 343 g/mol. The minimum absolute atomic E-state index is 0.125. The summed E-state index contributed by atoms with van der Waals surface area (Å²) in [5, 5.41) is 6.52. The van der Waals surface area contributed by atoms with Gasteiger partial charge in [0.15, 0.2) is 5.82 Å². The normalized spacial score (nSPS) is 11.2. The second-order valence-electron chi connectivity index (χ2n) is 5.73. The third-order valence-corrected chi connectivity index (χ3v) is 4.23. The Labute approximate surface area is 145 Å². The Morgan fingerprint density at radius 2 is 2.00 bits per heavy atom. The second kappa shape index (κ2) is 7.59. The van der Waals surface area contributed by atoms with Crippen molar-refractivity contribution in [1.29, 1.82) is 0 Å². The van der Waals surface area contributed by atoms with E-state index in [0.29, 0.717) is 19.0 Å². The van der Waals surface area contributed by atoms with Crippen molar-refractivity contribution in [2.75, 3.05) is 12.4 Å². The van der Waals surface area contributed by atoms with Gasteiger partial charge in [0.1, 0.15) is 12.4 Å². The van der Waals surface area contributed by atoms with E-state index in [1.54, 1.807) is 7.11 Å². The van der Waals surface area contributed by atoms with E-state index in [9.17, 15) is 0 Å². The van der Waals surface area contributed by atoms with Gasteiger partial charge < -0.3 is 14.8 Å². The molecular formula is C18H21N3O2S. The van der Waals surface area contributed by atoms with Crippen molar-refractivity contribution in [3.05, 3.63) is 47.8 Å². The predicted molar refractivity (Wildman–Crippen MR) is 97.7 cm³/mol. The maximum atomic E-state index is 5.99. The van der Waals surface area contributed by atoms with Crippen molar-refractivity contribution in [3.63, 3.8) is 0 Å². The standard InChI is InChI=1S/C18H21N3O2S/c1-12(2)23-16-9-8-13-6-4-5-7-14(13)15(16)10-19-18-20-17(11-22-3)21-24-18/h4-9,12H,10-11H2,1-3H3,(H,19,20,21). The molecule has 3 aromatic rings. The quantitative estimate of drug-likeness (QED) is 0.695. The number of methoxy groups -OCH3 is 1. The fraction of sp³-hybridized carbons (Fsp3) is 0.333. The van der Waals surface area contributed by atoms with Gasteiger partial charge in [0.25, 0.3) is 0 Å². The highest BCUT2D eigenvalue weighted by Gasteiger charge is 2.11. The average Bonchev–Trinajstić information content (AvgIpc) is 3.01. The number of fused-ring (bicyclic) bond motifs is 1. The molecule has 0 bridgehead atoms. The summed E-state index contributed by atoms with van der Waals surface area (Å²) in [6.45, 7) is 5.13. The van der Waals surface area contributed by atoms with Crippen molar-refractivity contribution < 1.29 is 9.47 Å². The second-order valence-corrected chi connectivity index (χ2v) is 6.48. The number of ether oxygens (including phenoxy) is 2. The summed E-state index contributed by atoms with van der Waals surface area (Å²) in [4.78, 5) is 4.42. The molecule has 0 saturated carbocycles. The van der Waals surface area contributed by atoms with E-state index < -0.39 is 0 Å². The lowest BCUT2D eigenvalue weighted by molar-refractivity contribution is 0.179. The molecule has 0 saturated heterocycles. The summed E-state index contributed by atoms with van der Waals surface area (Å²) in [6.07, 6.45) is 0.125. The highest BCUT2D eigenvalue weighted by Crippen LogP contribution is 2.30. The van der Waals surface area contributed by atoms with Crippen LogP contribution in [-0.4, -0.2) is 22.6 Å². The van der Waals surface area contributed by atoms with Crippen LogP contribution in [0.15, 0.2) is 36.4 Å². The molecule has 126 valence electrons. The maximum Gasteiger partial charge on any atom is 0.202 e. The van der Waals surface area contributed by atoms with Gasteiger partial charge in [-0.05, 0) is 30.7 Å². The zero-order valence-electron chi connectivity index (χ0n) is 14.1. The Morgan fingerprint density at radius 3 is 2.79 bits per heavy atom. The predicted octanol–water partition coefficient (Wildman–Crippen LogP) is 4.24. The fourth-order valence-corrected chi connectivity index (χ4v) is 3.11. The first kappa shape index (κ1) is 16.7. The number of anilines is 1.